The minimum Gasteiger partial charge on any atom is -0.274 e. The SMILES string of the molecule is CC(=O)N1N=C(c2ccc(C(C)(C)C)cc2)Sc2c1nc(C)n2C(C)=O. The number of amides is 1. The second kappa shape index (κ2) is 6.39. The van der Waals surface area contributed by atoms with E-state index >= 15 is 0 Å². The maximum absolute atomic E-state index is 12.1. The third-order valence-electron chi connectivity index (χ3n) is 4.18. The number of benzene rings is 1. The zero-order chi connectivity index (χ0) is 19.2. The van der Waals surface area contributed by atoms with Crippen LogP contribution in [0.3, 0.4) is 0 Å². The lowest BCUT2D eigenvalue weighted by molar-refractivity contribution is -0.116. The highest BCUT2D eigenvalue weighted by Crippen LogP contribution is 2.38. The Kier molecular flexibility index (Phi) is 4.52. The molecule has 7 heteroatoms. The number of hydrazone groups is 1. The summed E-state index contributed by atoms with van der Waals surface area (Å²) in [5.74, 6) is 0.561. The van der Waals surface area contributed by atoms with Crippen molar-refractivity contribution >= 4 is 34.4 Å². The van der Waals surface area contributed by atoms with E-state index in [0.717, 1.165) is 5.56 Å². The standard InChI is InChI=1S/C19H22N4O2S/c1-11-20-16-18(22(11)12(2)24)26-17(21-23(16)13(3)25)14-7-9-15(10-8-14)19(4,5)6/h7-10H,1-6H3. The van der Waals surface area contributed by atoms with Crippen molar-refractivity contribution in [3.05, 3.63) is 41.2 Å². The molecule has 1 aliphatic rings. The number of imidazole rings is 1. The zero-order valence-electron chi connectivity index (χ0n) is 15.8. The van der Waals surface area contributed by atoms with Gasteiger partial charge in [-0.2, -0.15) is 10.1 Å². The smallest absolute Gasteiger partial charge is 0.245 e. The third-order valence-corrected chi connectivity index (χ3v) is 5.25. The van der Waals surface area contributed by atoms with E-state index in [4.69, 9.17) is 0 Å². The first-order valence-electron chi connectivity index (χ1n) is 8.38. The molecule has 0 fully saturated rings. The van der Waals surface area contributed by atoms with Gasteiger partial charge in [0.15, 0.2) is 5.82 Å². The molecule has 6 nitrogen and oxygen atoms in total. The molecule has 1 amide bonds. The van der Waals surface area contributed by atoms with E-state index in [-0.39, 0.29) is 17.2 Å². The summed E-state index contributed by atoms with van der Waals surface area (Å²) in [6.07, 6.45) is 0. The van der Waals surface area contributed by atoms with Gasteiger partial charge < -0.3 is 0 Å². The Balaban J connectivity index is 2.07. The molecule has 2 heterocycles. The van der Waals surface area contributed by atoms with Gasteiger partial charge in [-0.15, -0.1) is 0 Å². The molecule has 0 bridgehead atoms. The zero-order valence-corrected chi connectivity index (χ0v) is 16.6. The molecular formula is C19H22N4O2S. The minimum absolute atomic E-state index is 0.0585. The summed E-state index contributed by atoms with van der Waals surface area (Å²) in [5.41, 5.74) is 2.17. The van der Waals surface area contributed by atoms with Gasteiger partial charge >= 0.3 is 0 Å². The summed E-state index contributed by atoms with van der Waals surface area (Å²) in [5, 5.41) is 7.03. The van der Waals surface area contributed by atoms with Crippen LogP contribution in [0.5, 0.6) is 0 Å². The van der Waals surface area contributed by atoms with Crippen LogP contribution >= 0.6 is 11.8 Å². The number of aromatic nitrogens is 2. The first-order valence-corrected chi connectivity index (χ1v) is 9.19. The molecule has 26 heavy (non-hydrogen) atoms. The van der Waals surface area contributed by atoms with Crippen molar-refractivity contribution in [1.29, 1.82) is 0 Å². The Bertz CT molecular complexity index is 920. The number of fused-ring (bicyclic) bond motifs is 1. The normalized spacial score (nSPS) is 14.1. The summed E-state index contributed by atoms with van der Waals surface area (Å²) in [7, 11) is 0. The first-order chi connectivity index (χ1) is 12.1. The fourth-order valence-electron chi connectivity index (χ4n) is 2.80. The lowest BCUT2D eigenvalue weighted by Crippen LogP contribution is -2.28. The van der Waals surface area contributed by atoms with Crippen molar-refractivity contribution in [2.45, 2.75) is 52.0 Å². The van der Waals surface area contributed by atoms with Crippen LogP contribution in [0.2, 0.25) is 0 Å². The summed E-state index contributed by atoms with van der Waals surface area (Å²) in [6, 6.07) is 8.13. The number of nitrogens with zero attached hydrogens (tertiary/aromatic N) is 4. The van der Waals surface area contributed by atoms with Gasteiger partial charge in [-0.05, 0) is 29.7 Å². The van der Waals surface area contributed by atoms with Crippen molar-refractivity contribution in [2.75, 3.05) is 5.01 Å². The molecule has 0 unspecified atom stereocenters. The van der Waals surface area contributed by atoms with E-state index in [1.165, 1.54) is 40.7 Å². The summed E-state index contributed by atoms with van der Waals surface area (Å²) in [4.78, 5) is 28.5. The van der Waals surface area contributed by atoms with E-state index in [0.29, 0.717) is 21.7 Å². The molecule has 0 N–H and O–H groups in total. The minimum atomic E-state index is -0.247. The quantitative estimate of drug-likeness (QED) is 0.762. The van der Waals surface area contributed by atoms with Crippen LogP contribution in [0.1, 0.15) is 56.4 Å². The lowest BCUT2D eigenvalue weighted by Gasteiger charge is -2.23. The number of hydrogen-bond acceptors (Lipinski definition) is 5. The van der Waals surface area contributed by atoms with Crippen molar-refractivity contribution < 1.29 is 9.59 Å². The summed E-state index contributed by atoms with van der Waals surface area (Å²) < 4.78 is 1.52. The van der Waals surface area contributed by atoms with Crippen LogP contribution in [0.4, 0.5) is 5.82 Å². The van der Waals surface area contributed by atoms with Crippen LogP contribution in [0.15, 0.2) is 34.4 Å². The molecule has 0 aliphatic carbocycles. The van der Waals surface area contributed by atoms with E-state index in [9.17, 15) is 9.59 Å². The number of hydrogen-bond donors (Lipinski definition) is 0. The maximum atomic E-state index is 12.1. The van der Waals surface area contributed by atoms with Crippen molar-refractivity contribution in [2.24, 2.45) is 5.10 Å². The summed E-state index contributed by atoms with van der Waals surface area (Å²) in [6.45, 7) is 11.1. The Morgan fingerprint density at radius 3 is 2.15 bits per heavy atom. The second-order valence-corrected chi connectivity index (χ2v) is 8.29. The van der Waals surface area contributed by atoms with E-state index in [1.807, 2.05) is 12.1 Å². The van der Waals surface area contributed by atoms with Gasteiger partial charge in [-0.25, -0.2) is 4.98 Å². The third kappa shape index (κ3) is 3.19. The molecule has 3 rings (SSSR count). The molecule has 136 valence electrons. The van der Waals surface area contributed by atoms with Crippen molar-refractivity contribution in [3.8, 4) is 0 Å². The molecule has 0 saturated heterocycles. The topological polar surface area (TPSA) is 67.6 Å². The predicted octanol–water partition coefficient (Wildman–Crippen LogP) is 3.97. The highest BCUT2D eigenvalue weighted by molar-refractivity contribution is 8.14. The lowest BCUT2D eigenvalue weighted by atomic mass is 9.87. The Hall–Kier alpha value is -2.41. The van der Waals surface area contributed by atoms with E-state index < -0.39 is 0 Å². The average molecular weight is 370 g/mol. The molecular weight excluding hydrogens is 348 g/mol. The number of thioether (sulfide) groups is 1. The number of rotatable bonds is 1. The van der Waals surface area contributed by atoms with Crippen molar-refractivity contribution in [3.63, 3.8) is 0 Å². The fraction of sp³-hybridized carbons (Fsp3) is 0.368. The Labute approximate surface area is 157 Å². The maximum Gasteiger partial charge on any atom is 0.245 e. The van der Waals surface area contributed by atoms with Crippen LogP contribution in [-0.2, 0) is 10.2 Å². The van der Waals surface area contributed by atoms with Crippen LogP contribution in [0, 0.1) is 6.92 Å². The monoisotopic (exact) mass is 370 g/mol. The van der Waals surface area contributed by atoms with Crippen molar-refractivity contribution in [1.82, 2.24) is 9.55 Å². The highest BCUT2D eigenvalue weighted by Gasteiger charge is 2.31. The van der Waals surface area contributed by atoms with Gasteiger partial charge in [0, 0.05) is 19.4 Å². The molecule has 1 aromatic heterocycles. The largest absolute Gasteiger partial charge is 0.274 e. The van der Waals surface area contributed by atoms with Crippen LogP contribution in [-0.4, -0.2) is 26.4 Å². The first kappa shape index (κ1) is 18.4. The number of aryl methyl sites for hydroxylation is 1. The molecule has 0 atom stereocenters. The number of anilines is 1. The van der Waals surface area contributed by atoms with Gasteiger partial charge in [0.05, 0.1) is 0 Å². The number of carbonyl (C=O) groups is 2. The second-order valence-electron chi connectivity index (χ2n) is 7.31. The highest BCUT2D eigenvalue weighted by atomic mass is 32.2. The van der Waals surface area contributed by atoms with Gasteiger partial charge in [0.25, 0.3) is 0 Å². The fourth-order valence-corrected chi connectivity index (χ4v) is 3.93. The van der Waals surface area contributed by atoms with Gasteiger partial charge in [0.1, 0.15) is 15.9 Å². The van der Waals surface area contributed by atoms with Gasteiger partial charge in [0.2, 0.25) is 11.8 Å². The molecule has 0 spiro atoms. The van der Waals surface area contributed by atoms with E-state index in [1.54, 1.807) is 6.92 Å². The molecule has 0 saturated carbocycles. The Morgan fingerprint density at radius 2 is 1.65 bits per heavy atom. The van der Waals surface area contributed by atoms with E-state index in [2.05, 4.69) is 43.0 Å². The van der Waals surface area contributed by atoms with Gasteiger partial charge in [-0.3, -0.25) is 14.2 Å². The van der Waals surface area contributed by atoms with Gasteiger partial charge in [-0.1, -0.05) is 45.0 Å². The molecule has 1 aliphatic heterocycles. The predicted molar refractivity (Wildman–Crippen MR) is 104 cm³/mol. The molecule has 2 aromatic rings. The van der Waals surface area contributed by atoms with Crippen LogP contribution < -0.4 is 5.01 Å². The molecule has 1 aromatic carbocycles. The van der Waals surface area contributed by atoms with Crippen LogP contribution in [0.25, 0.3) is 0 Å². The Morgan fingerprint density at radius 1 is 1.04 bits per heavy atom. The average Bonchev–Trinajstić information content (AvgIpc) is 2.88. The summed E-state index contributed by atoms with van der Waals surface area (Å²) >= 11 is 1.36. The number of carbonyl (C=O) groups excluding carboxylic acids is 2. The molecule has 0 radical (unpaired) electrons.